The molecule has 0 radical (unpaired) electrons. The third-order valence-corrected chi connectivity index (χ3v) is 4.18. The molecule has 0 rings (SSSR count). The molecule has 0 saturated heterocycles. The van der Waals surface area contributed by atoms with Crippen LogP contribution in [0.5, 0.6) is 0 Å². The number of hydrogen-bond acceptors (Lipinski definition) is 4. The van der Waals surface area contributed by atoms with Crippen LogP contribution in [0.3, 0.4) is 0 Å². The molecule has 0 atom stereocenters. The molecule has 0 aromatic heterocycles. The summed E-state index contributed by atoms with van der Waals surface area (Å²) in [6, 6.07) is 0. The Labute approximate surface area is 106 Å². The summed E-state index contributed by atoms with van der Waals surface area (Å²) in [4.78, 5) is 0. The normalized spacial score (nSPS) is 12.9. The molecule has 0 spiro atoms. The first-order valence-corrected chi connectivity index (χ1v) is 7.99. The number of nitrogens with one attached hydrogen (secondary N) is 1. The van der Waals surface area contributed by atoms with Gasteiger partial charge in [0.2, 0.25) is 0 Å². The first-order chi connectivity index (χ1) is 7.77. The van der Waals surface area contributed by atoms with E-state index in [1.165, 1.54) is 0 Å². The van der Waals surface area contributed by atoms with E-state index in [1.54, 1.807) is 7.11 Å². The predicted octanol–water partition coefficient (Wildman–Crippen LogP) is 1.46. The van der Waals surface area contributed by atoms with Crippen LogP contribution in [-0.2, 0) is 14.6 Å². The van der Waals surface area contributed by atoms with Gasteiger partial charge in [-0.3, -0.25) is 0 Å². The van der Waals surface area contributed by atoms with E-state index in [2.05, 4.69) is 26.1 Å². The number of sulfone groups is 1. The van der Waals surface area contributed by atoms with Gasteiger partial charge in [0, 0.05) is 20.3 Å². The van der Waals surface area contributed by atoms with Crippen LogP contribution in [0.25, 0.3) is 0 Å². The quantitative estimate of drug-likeness (QED) is 0.641. The lowest BCUT2D eigenvalue weighted by atomic mass is 9.92. The second-order valence-corrected chi connectivity index (χ2v) is 7.86. The molecule has 0 aliphatic heterocycles. The molecular formula is C12H27NO3S. The second-order valence-electron chi connectivity index (χ2n) is 5.56. The highest BCUT2D eigenvalue weighted by atomic mass is 32.2. The zero-order valence-electron chi connectivity index (χ0n) is 11.6. The number of methoxy groups -OCH3 is 1. The predicted molar refractivity (Wildman–Crippen MR) is 72.1 cm³/mol. The SMILES string of the molecule is COCCCS(=O)(=O)CCNCCC(C)(C)C. The summed E-state index contributed by atoms with van der Waals surface area (Å²) in [5.41, 5.74) is 0.296. The Balaban J connectivity index is 3.59. The van der Waals surface area contributed by atoms with Gasteiger partial charge in [-0.2, -0.15) is 0 Å². The Morgan fingerprint density at radius 2 is 1.76 bits per heavy atom. The first-order valence-electron chi connectivity index (χ1n) is 6.17. The van der Waals surface area contributed by atoms with Gasteiger partial charge in [-0.05, 0) is 24.8 Å². The van der Waals surface area contributed by atoms with E-state index in [0.717, 1.165) is 13.0 Å². The molecule has 4 nitrogen and oxygen atoms in total. The lowest BCUT2D eigenvalue weighted by Gasteiger charge is -2.18. The smallest absolute Gasteiger partial charge is 0.151 e. The van der Waals surface area contributed by atoms with Gasteiger partial charge >= 0.3 is 0 Å². The molecule has 0 unspecified atom stereocenters. The average molecular weight is 265 g/mol. The van der Waals surface area contributed by atoms with Crippen molar-refractivity contribution in [3.8, 4) is 0 Å². The monoisotopic (exact) mass is 265 g/mol. The summed E-state index contributed by atoms with van der Waals surface area (Å²) in [6.07, 6.45) is 1.64. The van der Waals surface area contributed by atoms with Crippen LogP contribution in [0.1, 0.15) is 33.6 Å². The molecule has 0 aliphatic rings. The zero-order chi connectivity index (χ0) is 13.4. The summed E-state index contributed by atoms with van der Waals surface area (Å²) >= 11 is 0. The molecule has 0 bridgehead atoms. The average Bonchev–Trinajstić information content (AvgIpc) is 2.15. The Bertz CT molecular complexity index is 281. The Hall–Kier alpha value is -0.130. The van der Waals surface area contributed by atoms with Crippen LogP contribution in [0.4, 0.5) is 0 Å². The molecule has 0 aromatic rings. The van der Waals surface area contributed by atoms with Crippen molar-refractivity contribution in [2.75, 3.05) is 38.3 Å². The van der Waals surface area contributed by atoms with E-state index in [1.807, 2.05) is 0 Å². The maximum absolute atomic E-state index is 11.6. The van der Waals surface area contributed by atoms with E-state index in [-0.39, 0.29) is 11.5 Å². The molecular weight excluding hydrogens is 238 g/mol. The fourth-order valence-electron chi connectivity index (χ4n) is 1.34. The van der Waals surface area contributed by atoms with Crippen LogP contribution in [-0.4, -0.2) is 46.7 Å². The molecule has 0 saturated carbocycles. The summed E-state index contributed by atoms with van der Waals surface area (Å²) < 4.78 is 28.0. The van der Waals surface area contributed by atoms with Crippen LogP contribution >= 0.6 is 0 Å². The van der Waals surface area contributed by atoms with Crippen molar-refractivity contribution in [1.29, 1.82) is 0 Å². The lowest BCUT2D eigenvalue weighted by molar-refractivity contribution is 0.199. The minimum Gasteiger partial charge on any atom is -0.385 e. The van der Waals surface area contributed by atoms with Gasteiger partial charge in [-0.25, -0.2) is 8.42 Å². The van der Waals surface area contributed by atoms with Crippen LogP contribution in [0.15, 0.2) is 0 Å². The van der Waals surface area contributed by atoms with Gasteiger partial charge in [0.05, 0.1) is 11.5 Å². The lowest BCUT2D eigenvalue weighted by Crippen LogP contribution is -2.27. The second kappa shape index (κ2) is 8.06. The van der Waals surface area contributed by atoms with Crippen molar-refractivity contribution in [2.24, 2.45) is 5.41 Å². The van der Waals surface area contributed by atoms with Crippen LogP contribution in [0.2, 0.25) is 0 Å². The van der Waals surface area contributed by atoms with Gasteiger partial charge in [-0.15, -0.1) is 0 Å². The summed E-state index contributed by atoms with van der Waals surface area (Å²) in [6.45, 7) is 8.46. The highest BCUT2D eigenvalue weighted by molar-refractivity contribution is 7.91. The Morgan fingerprint density at radius 1 is 1.12 bits per heavy atom. The maximum Gasteiger partial charge on any atom is 0.151 e. The van der Waals surface area contributed by atoms with Gasteiger partial charge in [0.1, 0.15) is 0 Å². The highest BCUT2D eigenvalue weighted by Gasteiger charge is 2.11. The molecule has 1 N–H and O–H groups in total. The minimum atomic E-state index is -2.91. The summed E-state index contributed by atoms with van der Waals surface area (Å²) in [7, 11) is -1.33. The van der Waals surface area contributed by atoms with Crippen molar-refractivity contribution >= 4 is 9.84 Å². The fourth-order valence-corrected chi connectivity index (χ4v) is 2.56. The van der Waals surface area contributed by atoms with Crippen LogP contribution in [0, 0.1) is 5.41 Å². The van der Waals surface area contributed by atoms with Gasteiger partial charge in [0.15, 0.2) is 9.84 Å². The molecule has 5 heteroatoms. The third kappa shape index (κ3) is 12.1. The zero-order valence-corrected chi connectivity index (χ0v) is 12.4. The van der Waals surface area contributed by atoms with Crippen molar-refractivity contribution in [3.05, 3.63) is 0 Å². The largest absolute Gasteiger partial charge is 0.385 e. The molecule has 0 aromatic carbocycles. The first kappa shape index (κ1) is 16.9. The number of hydrogen-bond donors (Lipinski definition) is 1. The van der Waals surface area contributed by atoms with Gasteiger partial charge in [0.25, 0.3) is 0 Å². The van der Waals surface area contributed by atoms with E-state index in [0.29, 0.717) is 25.0 Å². The minimum absolute atomic E-state index is 0.223. The summed E-state index contributed by atoms with van der Waals surface area (Å²) in [5.74, 6) is 0.447. The standard InChI is InChI=1S/C12H27NO3S/c1-12(2,3)6-7-13-8-11-17(14,15)10-5-9-16-4/h13H,5-11H2,1-4H3. The molecule has 17 heavy (non-hydrogen) atoms. The van der Waals surface area contributed by atoms with E-state index >= 15 is 0 Å². The fraction of sp³-hybridized carbons (Fsp3) is 1.00. The summed E-state index contributed by atoms with van der Waals surface area (Å²) in [5, 5.41) is 3.18. The number of rotatable bonds is 9. The Morgan fingerprint density at radius 3 is 2.29 bits per heavy atom. The van der Waals surface area contributed by atoms with Crippen molar-refractivity contribution in [1.82, 2.24) is 5.32 Å². The van der Waals surface area contributed by atoms with E-state index in [9.17, 15) is 8.42 Å². The molecule has 0 aliphatic carbocycles. The Kier molecular flexibility index (Phi) is 8.00. The maximum atomic E-state index is 11.6. The van der Waals surface area contributed by atoms with Crippen molar-refractivity contribution < 1.29 is 13.2 Å². The van der Waals surface area contributed by atoms with Gasteiger partial charge < -0.3 is 10.1 Å². The molecule has 0 amide bonds. The van der Waals surface area contributed by atoms with Crippen molar-refractivity contribution in [2.45, 2.75) is 33.6 Å². The van der Waals surface area contributed by atoms with E-state index < -0.39 is 9.84 Å². The molecule has 104 valence electrons. The van der Waals surface area contributed by atoms with Crippen LogP contribution < -0.4 is 5.32 Å². The van der Waals surface area contributed by atoms with Crippen molar-refractivity contribution in [3.63, 3.8) is 0 Å². The highest BCUT2D eigenvalue weighted by Crippen LogP contribution is 2.16. The molecule has 0 fully saturated rings. The third-order valence-electron chi connectivity index (χ3n) is 2.45. The van der Waals surface area contributed by atoms with E-state index in [4.69, 9.17) is 4.74 Å². The molecule has 0 heterocycles. The number of ether oxygens (including phenoxy) is 1. The topological polar surface area (TPSA) is 55.4 Å². The van der Waals surface area contributed by atoms with Gasteiger partial charge in [-0.1, -0.05) is 20.8 Å².